The van der Waals surface area contributed by atoms with Crippen LogP contribution in [0.4, 0.5) is 15.8 Å². The average molecular weight is 340 g/mol. The van der Waals surface area contributed by atoms with Gasteiger partial charge in [-0.1, -0.05) is 25.1 Å². The first kappa shape index (κ1) is 17.2. The van der Waals surface area contributed by atoms with E-state index in [1.54, 1.807) is 30.3 Å². The molecular formula is C16H21FN2O3S. The van der Waals surface area contributed by atoms with Crippen LogP contribution in [0.25, 0.3) is 0 Å². The lowest BCUT2D eigenvalue weighted by atomic mass is 10.2. The third-order valence-corrected chi connectivity index (χ3v) is 4.51. The van der Waals surface area contributed by atoms with Crippen LogP contribution in [0.5, 0.6) is 5.75 Å². The minimum atomic E-state index is -3.61. The number of para-hydroxylation sites is 1. The molecule has 0 bridgehead atoms. The molecule has 0 saturated carbocycles. The summed E-state index contributed by atoms with van der Waals surface area (Å²) >= 11 is 0. The van der Waals surface area contributed by atoms with Crippen molar-refractivity contribution in [3.63, 3.8) is 0 Å². The quantitative estimate of drug-likeness (QED) is 0.912. The predicted octanol–water partition coefficient (Wildman–Crippen LogP) is 3.12. The van der Waals surface area contributed by atoms with Crippen molar-refractivity contribution in [3.05, 3.63) is 54.3 Å². The highest BCUT2D eigenvalue weighted by Crippen LogP contribution is 2.40. The summed E-state index contributed by atoms with van der Waals surface area (Å²) in [6.45, 7) is 3.14. The molecule has 7 heteroatoms. The van der Waals surface area contributed by atoms with Gasteiger partial charge in [0, 0.05) is 7.49 Å². The van der Waals surface area contributed by atoms with Crippen molar-refractivity contribution in [1.29, 1.82) is 0 Å². The fraction of sp³-hybridized carbons (Fsp3) is 0.250. The van der Waals surface area contributed by atoms with Gasteiger partial charge in [0.2, 0.25) is 5.94 Å². The molecule has 0 aromatic heterocycles. The molecule has 2 aromatic rings. The molecule has 5 nitrogen and oxygen atoms in total. The third kappa shape index (κ3) is 4.00. The van der Waals surface area contributed by atoms with Crippen molar-refractivity contribution in [3.8, 4) is 5.75 Å². The van der Waals surface area contributed by atoms with Gasteiger partial charge in [-0.25, -0.2) is 17.1 Å². The molecule has 1 aliphatic heterocycles. The van der Waals surface area contributed by atoms with E-state index in [4.69, 9.17) is 4.74 Å². The van der Waals surface area contributed by atoms with Crippen LogP contribution >= 0.6 is 0 Å². The summed E-state index contributed by atoms with van der Waals surface area (Å²) in [5.74, 6) is -0.747. The second kappa shape index (κ2) is 7.43. The number of halogens is 1. The molecule has 1 aliphatic rings. The summed E-state index contributed by atoms with van der Waals surface area (Å²) in [4.78, 5) is 0. The summed E-state index contributed by atoms with van der Waals surface area (Å²) in [5, 5.41) is 2.93. The number of ether oxygens (including phenoxy) is 1. The Morgan fingerprint density at radius 3 is 2.52 bits per heavy atom. The van der Waals surface area contributed by atoms with E-state index < -0.39 is 21.8 Å². The maximum absolute atomic E-state index is 13.2. The zero-order valence-corrected chi connectivity index (χ0v) is 13.8. The van der Waals surface area contributed by atoms with E-state index in [2.05, 4.69) is 12.2 Å². The molecule has 23 heavy (non-hydrogen) atoms. The van der Waals surface area contributed by atoms with E-state index in [-0.39, 0.29) is 7.18 Å². The number of anilines is 2. The van der Waals surface area contributed by atoms with Crippen LogP contribution in [0.1, 0.15) is 8.35 Å². The number of nitrogens with one attached hydrogen (secondary N) is 1. The molecule has 0 fully saturated rings. The Morgan fingerprint density at radius 2 is 1.91 bits per heavy atom. The maximum atomic E-state index is 13.2. The first-order valence-electron chi connectivity index (χ1n) is 7.14. The molecule has 1 N–H and O–H groups in total. The standard InChI is InChI=1S/C13H10FNO3S.C3H9N.H2/c14-10-6-7-12-13(8-10)18-9-19(16,17)15(12)11-4-2-1-3-5-11;1-3-4-2;/h1-8H,9H2;4H,3H2,1-2H3;1H. The van der Waals surface area contributed by atoms with Gasteiger partial charge < -0.3 is 10.1 Å². The van der Waals surface area contributed by atoms with E-state index in [1.807, 2.05) is 7.05 Å². The van der Waals surface area contributed by atoms with Gasteiger partial charge in [-0.15, -0.1) is 0 Å². The predicted molar refractivity (Wildman–Crippen MR) is 91.1 cm³/mol. The van der Waals surface area contributed by atoms with Crippen LogP contribution in [0.3, 0.4) is 0 Å². The molecule has 0 atom stereocenters. The molecule has 3 rings (SSSR count). The molecule has 126 valence electrons. The Kier molecular flexibility index (Phi) is 5.57. The second-order valence-corrected chi connectivity index (χ2v) is 6.56. The number of benzene rings is 2. The number of sulfonamides is 1. The smallest absolute Gasteiger partial charge is 0.275 e. The van der Waals surface area contributed by atoms with E-state index in [1.165, 1.54) is 22.5 Å². The molecule has 0 aliphatic carbocycles. The molecule has 1 heterocycles. The lowest BCUT2D eigenvalue weighted by Gasteiger charge is -2.30. The van der Waals surface area contributed by atoms with E-state index in [9.17, 15) is 12.8 Å². The lowest BCUT2D eigenvalue weighted by molar-refractivity contribution is 0.368. The molecule has 0 amide bonds. The topological polar surface area (TPSA) is 58.6 Å². The highest BCUT2D eigenvalue weighted by Gasteiger charge is 2.32. The Labute approximate surface area is 137 Å². The summed E-state index contributed by atoms with van der Waals surface area (Å²) < 4.78 is 43.7. The van der Waals surface area contributed by atoms with Crippen LogP contribution in [0.15, 0.2) is 48.5 Å². The number of rotatable bonds is 2. The van der Waals surface area contributed by atoms with E-state index >= 15 is 0 Å². The molecule has 0 saturated heterocycles. The van der Waals surface area contributed by atoms with Crippen molar-refractivity contribution in [1.82, 2.24) is 5.32 Å². The van der Waals surface area contributed by atoms with Crippen LogP contribution in [0, 0.1) is 5.82 Å². The normalized spacial score (nSPS) is 15.0. The Hall–Kier alpha value is -2.12. The first-order valence-corrected chi connectivity index (χ1v) is 8.75. The minimum Gasteiger partial charge on any atom is -0.473 e. The Balaban J connectivity index is 0.000000522. The fourth-order valence-corrected chi connectivity index (χ4v) is 3.25. The lowest BCUT2D eigenvalue weighted by Crippen LogP contribution is -2.34. The zero-order valence-electron chi connectivity index (χ0n) is 13.0. The van der Waals surface area contributed by atoms with Crippen molar-refractivity contribution in [2.45, 2.75) is 6.92 Å². The minimum absolute atomic E-state index is 0. The van der Waals surface area contributed by atoms with Gasteiger partial charge in [0.15, 0.2) is 0 Å². The first-order chi connectivity index (χ1) is 11.0. The van der Waals surface area contributed by atoms with Crippen LogP contribution in [0.2, 0.25) is 0 Å². The van der Waals surface area contributed by atoms with Gasteiger partial charge >= 0.3 is 0 Å². The third-order valence-electron chi connectivity index (χ3n) is 3.13. The fourth-order valence-electron chi connectivity index (χ4n) is 1.97. The molecule has 0 unspecified atom stereocenters. The zero-order chi connectivity index (χ0) is 16.9. The van der Waals surface area contributed by atoms with Crippen molar-refractivity contribution < 1.29 is 19.0 Å². The number of hydrogen-bond acceptors (Lipinski definition) is 4. The molecule has 0 spiro atoms. The molecule has 2 aromatic carbocycles. The number of nitrogens with zero attached hydrogens (tertiary/aromatic N) is 1. The SMILES string of the molecule is CCNC.O=S1(=O)COc2cc(F)ccc2N1c1ccccc1.[HH]. The summed E-state index contributed by atoms with van der Waals surface area (Å²) in [7, 11) is -1.68. The van der Waals surface area contributed by atoms with Gasteiger partial charge in [-0.3, -0.25) is 0 Å². The van der Waals surface area contributed by atoms with Gasteiger partial charge in [0.25, 0.3) is 10.0 Å². The van der Waals surface area contributed by atoms with Gasteiger partial charge in [-0.2, -0.15) is 0 Å². The largest absolute Gasteiger partial charge is 0.473 e. The highest BCUT2D eigenvalue weighted by molar-refractivity contribution is 7.93. The van der Waals surface area contributed by atoms with E-state index in [0.717, 1.165) is 6.54 Å². The van der Waals surface area contributed by atoms with Crippen LogP contribution in [-0.4, -0.2) is 27.9 Å². The van der Waals surface area contributed by atoms with Gasteiger partial charge in [0.05, 0.1) is 11.4 Å². The summed E-state index contributed by atoms with van der Waals surface area (Å²) in [5.41, 5.74) is 0.817. The van der Waals surface area contributed by atoms with E-state index in [0.29, 0.717) is 11.4 Å². The molecule has 0 radical (unpaired) electrons. The monoisotopic (exact) mass is 340 g/mol. The summed E-state index contributed by atoms with van der Waals surface area (Å²) in [6, 6.07) is 12.4. The van der Waals surface area contributed by atoms with Crippen molar-refractivity contribution in [2.24, 2.45) is 0 Å². The Bertz CT molecular complexity index is 755. The van der Waals surface area contributed by atoms with Crippen molar-refractivity contribution in [2.75, 3.05) is 23.8 Å². The van der Waals surface area contributed by atoms with Crippen LogP contribution in [-0.2, 0) is 10.0 Å². The van der Waals surface area contributed by atoms with Crippen LogP contribution < -0.4 is 14.4 Å². The number of fused-ring (bicyclic) bond motifs is 1. The number of hydrogen-bond donors (Lipinski definition) is 1. The highest BCUT2D eigenvalue weighted by atomic mass is 32.2. The van der Waals surface area contributed by atoms with Crippen molar-refractivity contribution >= 4 is 21.4 Å². The van der Waals surface area contributed by atoms with Gasteiger partial charge in [-0.05, 0) is 37.9 Å². The Morgan fingerprint density at radius 1 is 1.26 bits per heavy atom. The average Bonchev–Trinajstić information content (AvgIpc) is 2.55. The maximum Gasteiger partial charge on any atom is 0.275 e. The summed E-state index contributed by atoms with van der Waals surface area (Å²) in [6.07, 6.45) is 0. The second-order valence-electron chi connectivity index (χ2n) is 4.79. The van der Waals surface area contributed by atoms with Gasteiger partial charge in [0.1, 0.15) is 11.6 Å². The molecular weight excluding hydrogens is 319 g/mol.